The molecule has 2 fully saturated rings. The molecule has 2 amide bonds. The van der Waals surface area contributed by atoms with Gasteiger partial charge in [-0.2, -0.15) is 0 Å². The SMILES string of the molecule is CC1(CO)CN(Cc2ccccc2)CC2CN(C(=O)Nc3ccc(F)cc3)CCN21. The van der Waals surface area contributed by atoms with Crippen molar-refractivity contribution in [2.75, 3.05) is 44.6 Å². The number of rotatable bonds is 4. The smallest absolute Gasteiger partial charge is 0.321 e. The second-order valence-electron chi connectivity index (χ2n) is 8.54. The molecule has 7 heteroatoms. The van der Waals surface area contributed by atoms with Gasteiger partial charge in [-0.1, -0.05) is 30.3 Å². The molecule has 30 heavy (non-hydrogen) atoms. The van der Waals surface area contributed by atoms with Crippen LogP contribution in [0.3, 0.4) is 0 Å². The van der Waals surface area contributed by atoms with E-state index >= 15 is 0 Å². The molecular formula is C23H29FN4O2. The number of aliphatic hydroxyl groups excluding tert-OH is 1. The molecule has 2 heterocycles. The minimum Gasteiger partial charge on any atom is -0.394 e. The molecule has 6 nitrogen and oxygen atoms in total. The van der Waals surface area contributed by atoms with Gasteiger partial charge >= 0.3 is 6.03 Å². The van der Waals surface area contributed by atoms with Gasteiger partial charge in [0.2, 0.25) is 0 Å². The molecule has 160 valence electrons. The number of carbonyl (C=O) groups excluding carboxylic acids is 1. The van der Waals surface area contributed by atoms with Crippen LogP contribution in [-0.4, -0.2) is 76.7 Å². The highest BCUT2D eigenvalue weighted by Gasteiger charge is 2.45. The van der Waals surface area contributed by atoms with E-state index in [0.717, 1.165) is 26.2 Å². The molecule has 0 spiro atoms. The van der Waals surface area contributed by atoms with E-state index in [1.807, 2.05) is 23.1 Å². The Morgan fingerprint density at radius 2 is 1.87 bits per heavy atom. The largest absolute Gasteiger partial charge is 0.394 e. The molecule has 0 aliphatic carbocycles. The van der Waals surface area contributed by atoms with Crippen LogP contribution in [0.2, 0.25) is 0 Å². The zero-order chi connectivity index (χ0) is 21.1. The summed E-state index contributed by atoms with van der Waals surface area (Å²) in [6.45, 7) is 6.54. The van der Waals surface area contributed by atoms with Crippen molar-refractivity contribution in [3.05, 3.63) is 66.0 Å². The summed E-state index contributed by atoms with van der Waals surface area (Å²) in [7, 11) is 0. The zero-order valence-electron chi connectivity index (χ0n) is 17.3. The summed E-state index contributed by atoms with van der Waals surface area (Å²) in [5, 5.41) is 13.0. The normalized spacial score (nSPS) is 25.0. The molecule has 2 saturated heterocycles. The highest BCUT2D eigenvalue weighted by atomic mass is 19.1. The lowest BCUT2D eigenvalue weighted by atomic mass is 9.91. The summed E-state index contributed by atoms with van der Waals surface area (Å²) < 4.78 is 13.1. The van der Waals surface area contributed by atoms with Gasteiger partial charge in [0.05, 0.1) is 12.1 Å². The number of fused-ring (bicyclic) bond motifs is 1. The molecule has 2 N–H and O–H groups in total. The number of anilines is 1. The lowest BCUT2D eigenvalue weighted by Crippen LogP contribution is -2.72. The standard InChI is InChI=1S/C23H29FN4O2/c1-23(17-29)16-26(13-18-5-3-2-4-6-18)14-21-15-27(11-12-28(21)23)22(30)25-20-9-7-19(24)8-10-20/h2-10,21,29H,11-17H2,1H3,(H,25,30). The summed E-state index contributed by atoms with van der Waals surface area (Å²) >= 11 is 0. The first-order valence-corrected chi connectivity index (χ1v) is 10.4. The van der Waals surface area contributed by atoms with E-state index in [1.54, 1.807) is 12.1 Å². The molecule has 2 unspecified atom stereocenters. The average Bonchev–Trinajstić information content (AvgIpc) is 2.75. The Morgan fingerprint density at radius 3 is 2.57 bits per heavy atom. The second-order valence-corrected chi connectivity index (χ2v) is 8.54. The van der Waals surface area contributed by atoms with Crippen LogP contribution in [0.15, 0.2) is 54.6 Å². The van der Waals surface area contributed by atoms with Crippen molar-refractivity contribution in [1.82, 2.24) is 14.7 Å². The Balaban J connectivity index is 1.44. The third-order valence-electron chi connectivity index (χ3n) is 6.18. The number of urea groups is 1. The number of nitrogens with zero attached hydrogens (tertiary/aromatic N) is 3. The first kappa shape index (κ1) is 20.8. The molecule has 2 aromatic carbocycles. The minimum absolute atomic E-state index is 0.0799. The summed E-state index contributed by atoms with van der Waals surface area (Å²) in [5.74, 6) is -0.328. The highest BCUT2D eigenvalue weighted by Crippen LogP contribution is 2.29. The van der Waals surface area contributed by atoms with Crippen molar-refractivity contribution in [1.29, 1.82) is 0 Å². The van der Waals surface area contributed by atoms with Crippen molar-refractivity contribution in [2.24, 2.45) is 0 Å². The van der Waals surface area contributed by atoms with Crippen LogP contribution in [0.5, 0.6) is 0 Å². The topological polar surface area (TPSA) is 59.1 Å². The maximum absolute atomic E-state index is 13.1. The number of hydrogen-bond acceptors (Lipinski definition) is 4. The summed E-state index contributed by atoms with van der Waals surface area (Å²) in [6.07, 6.45) is 0. The molecule has 0 saturated carbocycles. The fourth-order valence-electron chi connectivity index (χ4n) is 4.68. The number of piperazine rings is 2. The fraction of sp³-hybridized carbons (Fsp3) is 0.435. The van der Waals surface area contributed by atoms with Gasteiger partial charge in [-0.3, -0.25) is 9.80 Å². The number of benzene rings is 2. The van der Waals surface area contributed by atoms with E-state index < -0.39 is 0 Å². The zero-order valence-corrected chi connectivity index (χ0v) is 17.3. The van der Waals surface area contributed by atoms with Gasteiger partial charge in [-0.25, -0.2) is 9.18 Å². The van der Waals surface area contributed by atoms with E-state index in [2.05, 4.69) is 34.2 Å². The third kappa shape index (κ3) is 4.48. The van der Waals surface area contributed by atoms with Crippen LogP contribution in [0.4, 0.5) is 14.9 Å². The highest BCUT2D eigenvalue weighted by molar-refractivity contribution is 5.89. The van der Waals surface area contributed by atoms with Crippen LogP contribution in [0.25, 0.3) is 0 Å². The van der Waals surface area contributed by atoms with Crippen LogP contribution >= 0.6 is 0 Å². The molecule has 2 aromatic rings. The van der Waals surface area contributed by atoms with E-state index in [1.165, 1.54) is 17.7 Å². The van der Waals surface area contributed by atoms with Gasteiger partial charge in [0.15, 0.2) is 0 Å². The quantitative estimate of drug-likeness (QED) is 0.811. The van der Waals surface area contributed by atoms with Crippen LogP contribution < -0.4 is 5.32 Å². The van der Waals surface area contributed by atoms with Gasteiger partial charge < -0.3 is 15.3 Å². The van der Waals surface area contributed by atoms with E-state index in [-0.39, 0.29) is 30.0 Å². The predicted molar refractivity (Wildman–Crippen MR) is 115 cm³/mol. The maximum atomic E-state index is 13.1. The Kier molecular flexibility index (Phi) is 6.04. The number of nitrogens with one attached hydrogen (secondary N) is 1. The molecule has 2 aliphatic heterocycles. The number of hydrogen-bond donors (Lipinski definition) is 2. The van der Waals surface area contributed by atoms with Crippen molar-refractivity contribution < 1.29 is 14.3 Å². The third-order valence-corrected chi connectivity index (χ3v) is 6.18. The molecule has 0 radical (unpaired) electrons. The monoisotopic (exact) mass is 412 g/mol. The average molecular weight is 413 g/mol. The van der Waals surface area contributed by atoms with Gasteiger partial charge in [0.1, 0.15) is 5.82 Å². The van der Waals surface area contributed by atoms with Gasteiger partial charge in [0, 0.05) is 51.0 Å². The van der Waals surface area contributed by atoms with Crippen LogP contribution in [0, 0.1) is 5.82 Å². The number of aliphatic hydroxyl groups is 1. The minimum atomic E-state index is -0.336. The summed E-state index contributed by atoms with van der Waals surface area (Å²) in [6, 6.07) is 16.1. The summed E-state index contributed by atoms with van der Waals surface area (Å²) in [4.78, 5) is 19.3. The molecule has 2 aliphatic rings. The Bertz CT molecular complexity index is 863. The van der Waals surface area contributed by atoms with E-state index in [9.17, 15) is 14.3 Å². The molecule has 0 aromatic heterocycles. The van der Waals surface area contributed by atoms with E-state index in [4.69, 9.17) is 0 Å². The summed E-state index contributed by atoms with van der Waals surface area (Å²) in [5.41, 5.74) is 1.49. The van der Waals surface area contributed by atoms with E-state index in [0.29, 0.717) is 18.8 Å². The Morgan fingerprint density at radius 1 is 1.13 bits per heavy atom. The van der Waals surface area contributed by atoms with Crippen molar-refractivity contribution in [2.45, 2.75) is 25.0 Å². The van der Waals surface area contributed by atoms with Gasteiger partial charge in [0.25, 0.3) is 0 Å². The number of amides is 2. The first-order chi connectivity index (χ1) is 14.5. The predicted octanol–water partition coefficient (Wildman–Crippen LogP) is 2.61. The second kappa shape index (κ2) is 8.71. The molecule has 4 rings (SSSR count). The number of carbonyl (C=O) groups is 1. The Hall–Kier alpha value is -2.48. The van der Waals surface area contributed by atoms with Gasteiger partial charge in [-0.15, -0.1) is 0 Å². The lowest BCUT2D eigenvalue weighted by molar-refractivity contribution is -0.0871. The molecule has 0 bridgehead atoms. The van der Waals surface area contributed by atoms with Crippen molar-refractivity contribution in [3.8, 4) is 0 Å². The molecular weight excluding hydrogens is 383 g/mol. The Labute approximate surface area is 176 Å². The lowest BCUT2D eigenvalue weighted by Gasteiger charge is -2.56. The van der Waals surface area contributed by atoms with Crippen LogP contribution in [0.1, 0.15) is 12.5 Å². The van der Waals surface area contributed by atoms with Gasteiger partial charge in [-0.05, 0) is 36.8 Å². The maximum Gasteiger partial charge on any atom is 0.321 e. The number of halogens is 1. The fourth-order valence-corrected chi connectivity index (χ4v) is 4.68. The van der Waals surface area contributed by atoms with Crippen molar-refractivity contribution in [3.63, 3.8) is 0 Å². The van der Waals surface area contributed by atoms with Crippen molar-refractivity contribution >= 4 is 11.7 Å². The first-order valence-electron chi connectivity index (χ1n) is 10.4. The van der Waals surface area contributed by atoms with Crippen LogP contribution in [-0.2, 0) is 6.54 Å². The molecule has 2 atom stereocenters.